The molecule has 0 amide bonds. The Kier molecular flexibility index (Phi) is 6.03. The van der Waals surface area contributed by atoms with Crippen LogP contribution in [0.25, 0.3) is 0 Å². The highest BCUT2D eigenvalue weighted by Crippen LogP contribution is 1.99. The van der Waals surface area contributed by atoms with Gasteiger partial charge >= 0.3 is 5.97 Å². The lowest BCUT2D eigenvalue weighted by molar-refractivity contribution is -0.143. The van der Waals surface area contributed by atoms with Crippen LogP contribution in [0.1, 0.15) is 18.4 Å². The molecule has 0 saturated carbocycles. The molecule has 0 aliphatic rings. The van der Waals surface area contributed by atoms with Gasteiger partial charge in [-0.2, -0.15) is 0 Å². The molecule has 0 aromatic heterocycles. The van der Waals surface area contributed by atoms with E-state index in [-0.39, 0.29) is 12.4 Å². The van der Waals surface area contributed by atoms with Crippen molar-refractivity contribution in [2.75, 3.05) is 0 Å². The van der Waals surface area contributed by atoms with Gasteiger partial charge in [0, 0.05) is 6.42 Å². The average Bonchev–Trinajstić information content (AvgIpc) is 2.35. The van der Waals surface area contributed by atoms with Gasteiger partial charge in [-0.05, 0) is 5.56 Å². The summed E-state index contributed by atoms with van der Waals surface area (Å²) in [7, 11) is -1.34. The Morgan fingerprint density at radius 1 is 1.32 bits per heavy atom. The van der Waals surface area contributed by atoms with Gasteiger partial charge in [0.1, 0.15) is 8.07 Å². The van der Waals surface area contributed by atoms with Crippen molar-refractivity contribution in [2.45, 2.75) is 32.5 Å². The number of rotatable bonds is 4. The SMILES string of the molecule is C[Si](C)(C)C#CCCC(=O)ON=Cc1ccccc1. The Morgan fingerprint density at radius 3 is 2.63 bits per heavy atom. The van der Waals surface area contributed by atoms with E-state index in [1.165, 1.54) is 6.21 Å². The van der Waals surface area contributed by atoms with E-state index in [1.54, 1.807) is 0 Å². The molecule has 1 aromatic carbocycles. The molecule has 3 nitrogen and oxygen atoms in total. The second-order valence-electron chi connectivity index (χ2n) is 5.16. The van der Waals surface area contributed by atoms with Crippen LogP contribution in [0.4, 0.5) is 0 Å². The van der Waals surface area contributed by atoms with Crippen molar-refractivity contribution >= 4 is 20.3 Å². The summed E-state index contributed by atoms with van der Waals surface area (Å²) in [6.45, 7) is 6.51. The van der Waals surface area contributed by atoms with Crippen LogP contribution in [0.5, 0.6) is 0 Å². The molecule has 0 fully saturated rings. The summed E-state index contributed by atoms with van der Waals surface area (Å²) in [5, 5.41) is 3.65. The first-order valence-electron chi connectivity index (χ1n) is 6.26. The number of carbonyl (C=O) groups excluding carboxylic acids is 1. The molecule has 0 aliphatic heterocycles. The molecule has 4 heteroatoms. The minimum Gasteiger partial charge on any atom is -0.318 e. The zero-order chi connectivity index (χ0) is 14.1. The van der Waals surface area contributed by atoms with Crippen LogP contribution in [-0.2, 0) is 9.63 Å². The van der Waals surface area contributed by atoms with Gasteiger partial charge in [0.05, 0.1) is 12.6 Å². The Hall–Kier alpha value is -1.86. The highest BCUT2D eigenvalue weighted by molar-refractivity contribution is 6.83. The van der Waals surface area contributed by atoms with Gasteiger partial charge in [-0.3, -0.25) is 0 Å². The van der Waals surface area contributed by atoms with Gasteiger partial charge in [0.15, 0.2) is 0 Å². The smallest absolute Gasteiger partial charge is 0.318 e. The average molecular weight is 273 g/mol. The van der Waals surface area contributed by atoms with Crippen molar-refractivity contribution in [1.82, 2.24) is 0 Å². The summed E-state index contributed by atoms with van der Waals surface area (Å²) >= 11 is 0. The summed E-state index contributed by atoms with van der Waals surface area (Å²) < 4.78 is 0. The molecule has 0 radical (unpaired) electrons. The molecule has 0 heterocycles. The lowest BCUT2D eigenvalue weighted by atomic mass is 10.2. The van der Waals surface area contributed by atoms with Crippen LogP contribution < -0.4 is 0 Å². The van der Waals surface area contributed by atoms with Crippen LogP contribution in [0.15, 0.2) is 35.5 Å². The van der Waals surface area contributed by atoms with Crippen LogP contribution in [-0.4, -0.2) is 20.3 Å². The van der Waals surface area contributed by atoms with Crippen LogP contribution in [0.3, 0.4) is 0 Å². The number of hydrogen-bond donors (Lipinski definition) is 0. The first kappa shape index (κ1) is 15.2. The third-order valence-electron chi connectivity index (χ3n) is 2.07. The number of carbonyl (C=O) groups is 1. The molecule has 0 spiro atoms. The number of oxime groups is 1. The van der Waals surface area contributed by atoms with Crippen LogP contribution in [0.2, 0.25) is 19.6 Å². The molecule has 1 aromatic rings. The van der Waals surface area contributed by atoms with E-state index in [1.807, 2.05) is 30.3 Å². The quantitative estimate of drug-likeness (QED) is 0.278. The predicted molar refractivity (Wildman–Crippen MR) is 80.5 cm³/mol. The monoisotopic (exact) mass is 273 g/mol. The van der Waals surface area contributed by atoms with Crippen LogP contribution >= 0.6 is 0 Å². The topological polar surface area (TPSA) is 38.7 Å². The van der Waals surface area contributed by atoms with Crippen molar-refractivity contribution in [3.8, 4) is 11.5 Å². The number of benzene rings is 1. The highest BCUT2D eigenvalue weighted by atomic mass is 28.3. The van der Waals surface area contributed by atoms with E-state index in [2.05, 4.69) is 36.3 Å². The Morgan fingerprint density at radius 2 is 2.00 bits per heavy atom. The zero-order valence-electron chi connectivity index (χ0n) is 11.6. The maximum atomic E-state index is 11.4. The Bertz CT molecular complexity index is 492. The van der Waals surface area contributed by atoms with Gasteiger partial charge in [-0.1, -0.05) is 55.1 Å². The Balaban J connectivity index is 2.29. The van der Waals surface area contributed by atoms with E-state index in [0.717, 1.165) is 5.56 Å². The first-order valence-corrected chi connectivity index (χ1v) is 9.76. The maximum absolute atomic E-state index is 11.4. The fourth-order valence-electron chi connectivity index (χ4n) is 1.22. The van der Waals surface area contributed by atoms with Crippen molar-refractivity contribution in [2.24, 2.45) is 5.16 Å². The zero-order valence-corrected chi connectivity index (χ0v) is 12.6. The largest absolute Gasteiger partial charge is 0.335 e. The van der Waals surface area contributed by atoms with Gasteiger partial charge < -0.3 is 4.84 Å². The van der Waals surface area contributed by atoms with E-state index < -0.39 is 8.07 Å². The standard InChI is InChI=1S/C15H19NO2Si/c1-19(2,3)12-8-7-11-15(17)18-16-13-14-9-5-4-6-10-14/h4-6,9-10,13H,7,11H2,1-3H3. The molecule has 19 heavy (non-hydrogen) atoms. The summed E-state index contributed by atoms with van der Waals surface area (Å²) in [6, 6.07) is 9.48. The highest BCUT2D eigenvalue weighted by Gasteiger charge is 2.07. The number of hydrogen-bond acceptors (Lipinski definition) is 3. The molecule has 0 saturated heterocycles. The lowest BCUT2D eigenvalue weighted by Gasteiger charge is -2.02. The van der Waals surface area contributed by atoms with Crippen molar-refractivity contribution in [3.05, 3.63) is 35.9 Å². The third-order valence-corrected chi connectivity index (χ3v) is 3.00. The van der Waals surface area contributed by atoms with Crippen molar-refractivity contribution in [3.63, 3.8) is 0 Å². The molecule has 0 N–H and O–H groups in total. The minimum atomic E-state index is -1.34. The summed E-state index contributed by atoms with van der Waals surface area (Å²) in [5.74, 6) is 2.67. The number of nitrogens with zero attached hydrogens (tertiary/aromatic N) is 1. The van der Waals surface area contributed by atoms with E-state index >= 15 is 0 Å². The van der Waals surface area contributed by atoms with E-state index in [9.17, 15) is 4.79 Å². The van der Waals surface area contributed by atoms with Gasteiger partial charge in [0.25, 0.3) is 0 Å². The Labute approximate surface area is 115 Å². The molecular weight excluding hydrogens is 254 g/mol. The van der Waals surface area contributed by atoms with E-state index in [4.69, 9.17) is 4.84 Å². The normalized spacial score (nSPS) is 10.9. The first-order chi connectivity index (χ1) is 8.97. The molecule has 0 atom stereocenters. The molecular formula is C15H19NO2Si. The van der Waals surface area contributed by atoms with Gasteiger partial charge in [0.2, 0.25) is 0 Å². The van der Waals surface area contributed by atoms with E-state index in [0.29, 0.717) is 6.42 Å². The fraction of sp³-hybridized carbons (Fsp3) is 0.333. The molecule has 100 valence electrons. The van der Waals surface area contributed by atoms with Crippen LogP contribution in [0, 0.1) is 11.5 Å². The van der Waals surface area contributed by atoms with Gasteiger partial charge in [-0.25, -0.2) is 4.79 Å². The van der Waals surface area contributed by atoms with Crippen molar-refractivity contribution in [1.29, 1.82) is 0 Å². The molecule has 0 aliphatic carbocycles. The van der Waals surface area contributed by atoms with Gasteiger partial charge in [-0.15, -0.1) is 11.5 Å². The maximum Gasteiger partial charge on any atom is 0.335 e. The summed E-state index contributed by atoms with van der Waals surface area (Å²) in [4.78, 5) is 16.1. The second-order valence-corrected chi connectivity index (χ2v) is 9.91. The minimum absolute atomic E-state index is 0.281. The molecule has 0 unspecified atom stereocenters. The summed E-state index contributed by atoms with van der Waals surface area (Å²) in [5.41, 5.74) is 4.10. The third kappa shape index (κ3) is 7.95. The molecule has 0 bridgehead atoms. The predicted octanol–water partition coefficient (Wildman–Crippen LogP) is 3.22. The lowest BCUT2D eigenvalue weighted by Crippen LogP contribution is -2.16. The van der Waals surface area contributed by atoms with Crippen molar-refractivity contribution < 1.29 is 9.63 Å². The second kappa shape index (κ2) is 7.55. The fourth-order valence-corrected chi connectivity index (χ4v) is 1.88. The molecule has 1 rings (SSSR count). The summed E-state index contributed by atoms with van der Waals surface area (Å²) in [6.07, 6.45) is 2.33.